The molecule has 3 aromatic carbocycles. The molecule has 0 unspecified atom stereocenters. The van der Waals surface area contributed by atoms with Gasteiger partial charge >= 0.3 is 6.03 Å². The third-order valence-electron chi connectivity index (χ3n) is 5.09. The van der Waals surface area contributed by atoms with E-state index in [0.717, 1.165) is 22.4 Å². The summed E-state index contributed by atoms with van der Waals surface area (Å²) >= 11 is 5.88. The van der Waals surface area contributed by atoms with Gasteiger partial charge in [0.05, 0.1) is 6.54 Å². The molecule has 0 aromatic heterocycles. The Morgan fingerprint density at radius 2 is 1.70 bits per heavy atom. The summed E-state index contributed by atoms with van der Waals surface area (Å²) in [5.74, 6) is 0.118. The number of aryl methyl sites for hydroxylation is 1. The van der Waals surface area contributed by atoms with Gasteiger partial charge in [0.15, 0.2) is 0 Å². The monoisotopic (exact) mass is 419 g/mol. The largest absolute Gasteiger partial charge is 0.334 e. The Bertz CT molecular complexity index is 1050. The molecule has 4 rings (SSSR count). The number of hydrogen-bond donors (Lipinski definition) is 2. The van der Waals surface area contributed by atoms with Crippen molar-refractivity contribution >= 4 is 34.9 Å². The van der Waals surface area contributed by atoms with Gasteiger partial charge in [-0.05, 0) is 53.4 Å². The third-order valence-corrected chi connectivity index (χ3v) is 5.34. The van der Waals surface area contributed by atoms with Crippen LogP contribution < -0.4 is 15.5 Å². The number of hydrogen-bond acceptors (Lipinski definition) is 2. The molecule has 1 heterocycles. The van der Waals surface area contributed by atoms with E-state index in [2.05, 4.69) is 10.6 Å². The van der Waals surface area contributed by atoms with Gasteiger partial charge in [-0.15, -0.1) is 0 Å². The molecule has 0 fully saturated rings. The van der Waals surface area contributed by atoms with E-state index in [1.807, 2.05) is 65.6 Å². The van der Waals surface area contributed by atoms with Crippen molar-refractivity contribution in [1.82, 2.24) is 5.32 Å². The first kappa shape index (κ1) is 20.0. The van der Waals surface area contributed by atoms with Crippen LogP contribution in [0.1, 0.15) is 23.1 Å². The van der Waals surface area contributed by atoms with Crippen molar-refractivity contribution < 1.29 is 9.59 Å². The van der Waals surface area contributed by atoms with Crippen LogP contribution in [0.25, 0.3) is 0 Å². The maximum absolute atomic E-state index is 12.5. The van der Waals surface area contributed by atoms with E-state index < -0.39 is 0 Å². The minimum atomic E-state index is -0.280. The van der Waals surface area contributed by atoms with Crippen molar-refractivity contribution in [3.8, 4) is 0 Å². The molecule has 1 aliphatic heterocycles. The van der Waals surface area contributed by atoms with Gasteiger partial charge < -0.3 is 15.5 Å². The van der Waals surface area contributed by atoms with E-state index in [1.54, 1.807) is 12.1 Å². The van der Waals surface area contributed by atoms with Crippen molar-refractivity contribution in [2.24, 2.45) is 0 Å². The normalized spacial score (nSPS) is 13.0. The molecule has 0 bridgehead atoms. The molecule has 0 aliphatic carbocycles. The number of carbonyl (C=O) groups excluding carboxylic acids is 2. The van der Waals surface area contributed by atoms with Gasteiger partial charge in [-0.25, -0.2) is 4.79 Å². The molecule has 3 amide bonds. The zero-order valence-electron chi connectivity index (χ0n) is 16.4. The van der Waals surface area contributed by atoms with Gasteiger partial charge in [-0.3, -0.25) is 4.79 Å². The van der Waals surface area contributed by atoms with Gasteiger partial charge in [0.25, 0.3) is 0 Å². The van der Waals surface area contributed by atoms with Crippen molar-refractivity contribution in [2.75, 3.05) is 10.2 Å². The van der Waals surface area contributed by atoms with Crippen LogP contribution in [0.2, 0.25) is 5.02 Å². The fraction of sp³-hybridized carbons (Fsp3) is 0.167. The minimum absolute atomic E-state index is 0.118. The summed E-state index contributed by atoms with van der Waals surface area (Å²) in [6.45, 7) is 0.953. The maximum atomic E-state index is 12.5. The van der Waals surface area contributed by atoms with Gasteiger partial charge in [0, 0.05) is 29.4 Å². The van der Waals surface area contributed by atoms with E-state index in [0.29, 0.717) is 36.6 Å². The fourth-order valence-corrected chi connectivity index (χ4v) is 3.66. The van der Waals surface area contributed by atoms with Gasteiger partial charge in [0.1, 0.15) is 0 Å². The van der Waals surface area contributed by atoms with Crippen LogP contribution in [0.5, 0.6) is 0 Å². The highest BCUT2D eigenvalue weighted by Crippen LogP contribution is 2.31. The van der Waals surface area contributed by atoms with E-state index in [-0.39, 0.29) is 11.9 Å². The first-order chi connectivity index (χ1) is 14.6. The average Bonchev–Trinajstić information content (AvgIpc) is 2.76. The Hall–Kier alpha value is -3.31. The molecular formula is C24H22ClN3O2. The SMILES string of the molecule is O=C(NCc1ccc(Cl)cc1)Nc1ccc2c(c1)CCC(=O)N2Cc1ccccc1. The number of benzene rings is 3. The lowest BCUT2D eigenvalue weighted by atomic mass is 9.99. The lowest BCUT2D eigenvalue weighted by Crippen LogP contribution is -2.34. The zero-order valence-corrected chi connectivity index (χ0v) is 17.2. The van der Waals surface area contributed by atoms with Crippen LogP contribution in [-0.4, -0.2) is 11.9 Å². The van der Waals surface area contributed by atoms with Gasteiger partial charge in [-0.2, -0.15) is 0 Å². The lowest BCUT2D eigenvalue weighted by Gasteiger charge is -2.30. The predicted molar refractivity (Wildman–Crippen MR) is 120 cm³/mol. The number of nitrogens with zero attached hydrogens (tertiary/aromatic N) is 1. The Balaban J connectivity index is 1.42. The summed E-state index contributed by atoms with van der Waals surface area (Å²) in [5.41, 5.74) is 4.72. The quantitative estimate of drug-likeness (QED) is 0.601. The molecule has 0 saturated carbocycles. The van der Waals surface area contributed by atoms with Crippen LogP contribution in [0.3, 0.4) is 0 Å². The van der Waals surface area contributed by atoms with Crippen LogP contribution in [0.15, 0.2) is 72.8 Å². The lowest BCUT2D eigenvalue weighted by molar-refractivity contribution is -0.119. The first-order valence-corrected chi connectivity index (χ1v) is 10.2. The third kappa shape index (κ3) is 4.81. The Morgan fingerprint density at radius 3 is 2.47 bits per heavy atom. The number of fused-ring (bicyclic) bond motifs is 1. The number of rotatable bonds is 5. The Labute approximate surface area is 180 Å². The smallest absolute Gasteiger partial charge is 0.319 e. The van der Waals surface area contributed by atoms with Crippen molar-refractivity contribution in [1.29, 1.82) is 0 Å². The number of halogens is 1. The van der Waals surface area contributed by atoms with Crippen molar-refractivity contribution in [3.63, 3.8) is 0 Å². The topological polar surface area (TPSA) is 61.4 Å². The maximum Gasteiger partial charge on any atom is 0.319 e. The number of amides is 3. The molecule has 3 aromatic rings. The summed E-state index contributed by atoms with van der Waals surface area (Å²) in [7, 11) is 0. The minimum Gasteiger partial charge on any atom is -0.334 e. The van der Waals surface area contributed by atoms with E-state index >= 15 is 0 Å². The summed E-state index contributed by atoms with van der Waals surface area (Å²) < 4.78 is 0. The second kappa shape index (κ2) is 9.01. The molecule has 0 radical (unpaired) electrons. The van der Waals surface area contributed by atoms with Gasteiger partial charge in [0.2, 0.25) is 5.91 Å². The summed E-state index contributed by atoms with van der Waals surface area (Å²) in [6.07, 6.45) is 1.13. The fourth-order valence-electron chi connectivity index (χ4n) is 3.54. The Kier molecular flexibility index (Phi) is 6.00. The second-order valence-electron chi connectivity index (χ2n) is 7.24. The Morgan fingerprint density at radius 1 is 0.933 bits per heavy atom. The summed E-state index contributed by atoms with van der Waals surface area (Å²) in [6, 6.07) is 22.7. The highest BCUT2D eigenvalue weighted by molar-refractivity contribution is 6.30. The predicted octanol–water partition coefficient (Wildman–Crippen LogP) is 5.14. The number of anilines is 2. The molecular weight excluding hydrogens is 398 g/mol. The standard InChI is InChI=1S/C24H22ClN3O2/c25-20-9-6-17(7-10-20)15-26-24(30)27-21-11-12-22-19(14-21)8-13-23(29)28(22)16-18-4-2-1-3-5-18/h1-7,9-12,14H,8,13,15-16H2,(H2,26,27,30). The van der Waals surface area contributed by atoms with Crippen molar-refractivity contribution in [3.05, 3.63) is 94.5 Å². The summed E-state index contributed by atoms with van der Waals surface area (Å²) in [4.78, 5) is 26.6. The summed E-state index contributed by atoms with van der Waals surface area (Å²) in [5, 5.41) is 6.37. The molecule has 2 N–H and O–H groups in total. The molecule has 152 valence electrons. The van der Waals surface area contributed by atoms with E-state index in [4.69, 9.17) is 11.6 Å². The molecule has 0 saturated heterocycles. The molecule has 30 heavy (non-hydrogen) atoms. The highest BCUT2D eigenvalue weighted by Gasteiger charge is 2.24. The van der Waals surface area contributed by atoms with E-state index in [9.17, 15) is 9.59 Å². The second-order valence-corrected chi connectivity index (χ2v) is 7.68. The van der Waals surface area contributed by atoms with E-state index in [1.165, 1.54) is 0 Å². The van der Waals surface area contributed by atoms with Crippen LogP contribution in [-0.2, 0) is 24.3 Å². The average molecular weight is 420 g/mol. The van der Waals surface area contributed by atoms with Gasteiger partial charge in [-0.1, -0.05) is 54.1 Å². The molecule has 5 nitrogen and oxygen atoms in total. The van der Waals surface area contributed by atoms with Crippen molar-refractivity contribution in [2.45, 2.75) is 25.9 Å². The first-order valence-electron chi connectivity index (χ1n) is 9.85. The number of urea groups is 1. The molecule has 0 spiro atoms. The zero-order chi connectivity index (χ0) is 20.9. The van der Waals surface area contributed by atoms with Crippen LogP contribution >= 0.6 is 11.6 Å². The number of nitrogens with one attached hydrogen (secondary N) is 2. The molecule has 1 aliphatic rings. The van der Waals surface area contributed by atoms with Crippen LogP contribution in [0.4, 0.5) is 16.2 Å². The highest BCUT2D eigenvalue weighted by atomic mass is 35.5. The number of carbonyl (C=O) groups is 2. The molecule has 6 heteroatoms. The van der Waals surface area contributed by atoms with Crippen LogP contribution in [0, 0.1) is 0 Å². The molecule has 0 atom stereocenters.